The number of aryl methyl sites for hydroxylation is 2. The van der Waals surface area contributed by atoms with Crippen molar-refractivity contribution in [3.63, 3.8) is 0 Å². The van der Waals surface area contributed by atoms with Crippen LogP contribution in [0.4, 0.5) is 15.8 Å². The fourth-order valence-corrected chi connectivity index (χ4v) is 3.54. The zero-order chi connectivity index (χ0) is 21.1. The summed E-state index contributed by atoms with van der Waals surface area (Å²) in [4.78, 5) is 4.47. The summed E-state index contributed by atoms with van der Waals surface area (Å²) in [5.74, 6) is 0.726. The van der Waals surface area contributed by atoms with E-state index in [9.17, 15) is 4.39 Å². The second-order valence-corrected chi connectivity index (χ2v) is 7.48. The van der Waals surface area contributed by atoms with E-state index in [2.05, 4.69) is 39.1 Å². The molecule has 1 aromatic heterocycles. The monoisotopic (exact) mass is 400 g/mol. The Morgan fingerprint density at radius 1 is 0.967 bits per heavy atom. The Kier molecular flexibility index (Phi) is 5.53. The van der Waals surface area contributed by atoms with E-state index in [0.717, 1.165) is 39.6 Å². The minimum Gasteiger partial charge on any atom is -0.398 e. The predicted octanol–water partition coefficient (Wildman–Crippen LogP) is 5.55. The number of nitrogens with one attached hydrogen (secondary N) is 1. The molecule has 0 unspecified atom stereocenters. The number of benzene rings is 3. The second kappa shape index (κ2) is 8.41. The average Bonchev–Trinajstić information content (AvgIpc) is 3.10. The number of anilines is 2. The summed E-state index contributed by atoms with van der Waals surface area (Å²) in [6.45, 7) is 4.98. The smallest absolute Gasteiger partial charge is 0.126 e. The van der Waals surface area contributed by atoms with Crippen molar-refractivity contribution in [3.05, 3.63) is 101 Å². The molecule has 0 saturated heterocycles. The van der Waals surface area contributed by atoms with Crippen LogP contribution in [0.1, 0.15) is 22.6 Å². The molecule has 0 saturated carbocycles. The van der Waals surface area contributed by atoms with Crippen LogP contribution < -0.4 is 11.1 Å². The van der Waals surface area contributed by atoms with E-state index in [1.165, 1.54) is 6.07 Å². The van der Waals surface area contributed by atoms with Crippen LogP contribution in [0.15, 0.2) is 72.9 Å². The highest BCUT2D eigenvalue weighted by Gasteiger charge is 2.10. The topological polar surface area (TPSA) is 55.9 Å². The van der Waals surface area contributed by atoms with Crippen LogP contribution in [0.3, 0.4) is 0 Å². The van der Waals surface area contributed by atoms with Gasteiger partial charge in [-0.3, -0.25) is 0 Å². The predicted molar refractivity (Wildman–Crippen MR) is 121 cm³/mol. The highest BCUT2D eigenvalue weighted by atomic mass is 19.1. The van der Waals surface area contributed by atoms with Crippen LogP contribution in [-0.4, -0.2) is 9.55 Å². The SMILES string of the molecule is Cc1cc(NCc2cnc(C)n2Cc2ccc(-c3ccccc3)cc2N)ccc1F. The van der Waals surface area contributed by atoms with Crippen molar-refractivity contribution in [1.29, 1.82) is 0 Å². The Labute approximate surface area is 176 Å². The highest BCUT2D eigenvalue weighted by molar-refractivity contribution is 5.69. The largest absolute Gasteiger partial charge is 0.398 e. The fourth-order valence-electron chi connectivity index (χ4n) is 3.54. The zero-order valence-electron chi connectivity index (χ0n) is 17.2. The molecule has 0 bridgehead atoms. The number of nitrogens with two attached hydrogens (primary N) is 1. The maximum Gasteiger partial charge on any atom is 0.126 e. The van der Waals surface area contributed by atoms with Crippen molar-refractivity contribution in [1.82, 2.24) is 9.55 Å². The Bertz CT molecular complexity index is 1170. The molecule has 30 heavy (non-hydrogen) atoms. The quantitative estimate of drug-likeness (QED) is 0.417. The van der Waals surface area contributed by atoms with Gasteiger partial charge >= 0.3 is 0 Å². The van der Waals surface area contributed by atoms with Gasteiger partial charge in [-0.25, -0.2) is 9.37 Å². The van der Waals surface area contributed by atoms with Crippen LogP contribution in [0.25, 0.3) is 11.1 Å². The lowest BCUT2D eigenvalue weighted by atomic mass is 10.0. The summed E-state index contributed by atoms with van der Waals surface area (Å²) in [5.41, 5.74) is 13.0. The van der Waals surface area contributed by atoms with Gasteiger partial charge in [0, 0.05) is 11.4 Å². The third kappa shape index (κ3) is 4.20. The molecule has 3 N–H and O–H groups in total. The van der Waals surface area contributed by atoms with E-state index >= 15 is 0 Å². The Hall–Kier alpha value is -3.60. The van der Waals surface area contributed by atoms with Crippen molar-refractivity contribution in [3.8, 4) is 11.1 Å². The van der Waals surface area contributed by atoms with Crippen molar-refractivity contribution >= 4 is 11.4 Å². The molecule has 0 aliphatic rings. The lowest BCUT2D eigenvalue weighted by molar-refractivity contribution is 0.618. The third-order valence-electron chi connectivity index (χ3n) is 5.35. The normalized spacial score (nSPS) is 10.9. The Morgan fingerprint density at radius 3 is 2.50 bits per heavy atom. The van der Waals surface area contributed by atoms with Crippen molar-refractivity contribution in [2.75, 3.05) is 11.1 Å². The maximum atomic E-state index is 13.5. The van der Waals surface area contributed by atoms with Gasteiger partial charge in [-0.1, -0.05) is 42.5 Å². The molecule has 3 aromatic carbocycles. The standard InChI is InChI=1S/C25H25FN4/c1-17-12-22(10-11-24(17)26)29-15-23-14-28-18(2)30(23)16-21-9-8-20(13-25(21)27)19-6-4-3-5-7-19/h3-14,29H,15-16,27H2,1-2H3. The maximum absolute atomic E-state index is 13.5. The molecule has 0 fully saturated rings. The number of imidazole rings is 1. The lowest BCUT2D eigenvalue weighted by Crippen LogP contribution is -2.11. The van der Waals surface area contributed by atoms with Crippen LogP contribution in [0.2, 0.25) is 0 Å². The Morgan fingerprint density at radius 2 is 1.77 bits per heavy atom. The number of hydrogen-bond donors (Lipinski definition) is 2. The van der Waals surface area contributed by atoms with Gasteiger partial charge in [-0.15, -0.1) is 0 Å². The number of hydrogen-bond acceptors (Lipinski definition) is 3. The van der Waals surface area contributed by atoms with Gasteiger partial charge < -0.3 is 15.6 Å². The molecular formula is C25H25FN4. The van der Waals surface area contributed by atoms with Crippen LogP contribution in [0.5, 0.6) is 0 Å². The number of halogens is 1. The summed E-state index contributed by atoms with van der Waals surface area (Å²) >= 11 is 0. The van der Waals surface area contributed by atoms with Crippen molar-refractivity contribution < 1.29 is 4.39 Å². The molecule has 5 heteroatoms. The first kappa shape index (κ1) is 19.7. The summed E-state index contributed by atoms with van der Waals surface area (Å²) in [6, 6.07) is 21.5. The zero-order valence-corrected chi connectivity index (χ0v) is 17.2. The molecule has 0 spiro atoms. The van der Waals surface area contributed by atoms with Gasteiger partial charge in [0.2, 0.25) is 0 Å². The fraction of sp³-hybridized carbons (Fsp3) is 0.160. The third-order valence-corrected chi connectivity index (χ3v) is 5.35. The Balaban J connectivity index is 1.52. The van der Waals surface area contributed by atoms with Gasteiger partial charge in [0.1, 0.15) is 11.6 Å². The van der Waals surface area contributed by atoms with E-state index in [1.807, 2.05) is 43.5 Å². The number of rotatable bonds is 6. The molecule has 0 atom stereocenters. The van der Waals surface area contributed by atoms with Gasteiger partial charge in [0.05, 0.1) is 25.0 Å². The second-order valence-electron chi connectivity index (χ2n) is 7.48. The highest BCUT2D eigenvalue weighted by Crippen LogP contribution is 2.25. The molecule has 0 aliphatic carbocycles. The van der Waals surface area contributed by atoms with E-state index in [-0.39, 0.29) is 5.82 Å². The summed E-state index contributed by atoms with van der Waals surface area (Å²) < 4.78 is 15.6. The molecule has 1 heterocycles. The van der Waals surface area contributed by atoms with E-state index in [4.69, 9.17) is 5.73 Å². The molecule has 4 aromatic rings. The number of aromatic nitrogens is 2. The summed E-state index contributed by atoms with van der Waals surface area (Å²) in [7, 11) is 0. The summed E-state index contributed by atoms with van der Waals surface area (Å²) in [5, 5.41) is 3.35. The summed E-state index contributed by atoms with van der Waals surface area (Å²) in [6.07, 6.45) is 1.87. The van der Waals surface area contributed by atoms with Crippen molar-refractivity contribution in [2.24, 2.45) is 0 Å². The van der Waals surface area contributed by atoms with E-state index < -0.39 is 0 Å². The number of nitrogens with zero attached hydrogens (tertiary/aromatic N) is 2. The first-order chi connectivity index (χ1) is 14.5. The van der Waals surface area contributed by atoms with Gasteiger partial charge in [-0.05, 0) is 60.4 Å². The molecule has 152 valence electrons. The van der Waals surface area contributed by atoms with Gasteiger partial charge in [0.15, 0.2) is 0 Å². The molecule has 0 aliphatic heterocycles. The van der Waals surface area contributed by atoms with Gasteiger partial charge in [0.25, 0.3) is 0 Å². The number of nitrogen functional groups attached to an aromatic ring is 1. The average molecular weight is 401 g/mol. The van der Waals surface area contributed by atoms with Crippen LogP contribution >= 0.6 is 0 Å². The molecule has 0 radical (unpaired) electrons. The van der Waals surface area contributed by atoms with Crippen molar-refractivity contribution in [2.45, 2.75) is 26.9 Å². The molecule has 4 rings (SSSR count). The van der Waals surface area contributed by atoms with E-state index in [0.29, 0.717) is 18.7 Å². The lowest BCUT2D eigenvalue weighted by Gasteiger charge is -2.14. The molecular weight excluding hydrogens is 375 g/mol. The van der Waals surface area contributed by atoms with Crippen LogP contribution in [-0.2, 0) is 13.1 Å². The minimum absolute atomic E-state index is 0.198. The van der Waals surface area contributed by atoms with Gasteiger partial charge in [-0.2, -0.15) is 0 Å². The first-order valence-corrected chi connectivity index (χ1v) is 9.96. The van der Waals surface area contributed by atoms with Crippen LogP contribution in [0, 0.1) is 19.7 Å². The minimum atomic E-state index is -0.198. The molecule has 4 nitrogen and oxygen atoms in total. The first-order valence-electron chi connectivity index (χ1n) is 9.96. The molecule has 0 amide bonds. The van der Waals surface area contributed by atoms with E-state index in [1.54, 1.807) is 13.0 Å².